The van der Waals surface area contributed by atoms with Gasteiger partial charge in [0.1, 0.15) is 0 Å². The second kappa shape index (κ2) is 4.32. The Kier molecular flexibility index (Phi) is 4.10. The normalized spacial score (nSPS) is 11.0. The highest BCUT2D eigenvalue weighted by atomic mass is 14.2. The molecule has 58 valence electrons. The standard InChI is InChI=1S/C10H18/c1-5-8-9-10(4,6-2)7-3/h6-7H,2-3,5,8-9H2,1,4H3. The molecule has 0 heteroatoms. The zero-order valence-electron chi connectivity index (χ0n) is 7.19. The lowest BCUT2D eigenvalue weighted by atomic mass is 9.85. The minimum atomic E-state index is 0.163. The van der Waals surface area contributed by atoms with Crippen LogP contribution in [0.25, 0.3) is 0 Å². The molecule has 0 unspecified atom stereocenters. The zero-order valence-corrected chi connectivity index (χ0v) is 7.19. The van der Waals surface area contributed by atoms with Crippen molar-refractivity contribution in [3.8, 4) is 0 Å². The highest BCUT2D eigenvalue weighted by Crippen LogP contribution is 2.25. The highest BCUT2D eigenvalue weighted by molar-refractivity contribution is 5.03. The van der Waals surface area contributed by atoms with Gasteiger partial charge in [0.15, 0.2) is 0 Å². The average molecular weight is 138 g/mol. The summed E-state index contributed by atoms with van der Waals surface area (Å²) in [6.45, 7) is 11.9. The van der Waals surface area contributed by atoms with Crippen LogP contribution < -0.4 is 0 Å². The molecule has 0 radical (unpaired) electrons. The third kappa shape index (κ3) is 2.86. The Morgan fingerprint density at radius 1 is 1.30 bits per heavy atom. The fourth-order valence-corrected chi connectivity index (χ4v) is 0.845. The van der Waals surface area contributed by atoms with Crippen LogP contribution in [0.1, 0.15) is 33.1 Å². The monoisotopic (exact) mass is 138 g/mol. The van der Waals surface area contributed by atoms with E-state index in [9.17, 15) is 0 Å². The molecule has 0 aliphatic heterocycles. The van der Waals surface area contributed by atoms with Crippen molar-refractivity contribution in [3.63, 3.8) is 0 Å². The maximum absolute atomic E-state index is 3.79. The minimum absolute atomic E-state index is 0.163. The van der Waals surface area contributed by atoms with Crippen LogP contribution in [0, 0.1) is 5.41 Å². The number of allylic oxidation sites excluding steroid dienone is 2. The van der Waals surface area contributed by atoms with Gasteiger partial charge in [0, 0.05) is 5.41 Å². The van der Waals surface area contributed by atoms with Crippen molar-refractivity contribution in [2.45, 2.75) is 33.1 Å². The molecule has 0 aromatic heterocycles. The van der Waals surface area contributed by atoms with Gasteiger partial charge in [-0.15, -0.1) is 13.2 Å². The molecule has 0 amide bonds. The van der Waals surface area contributed by atoms with Crippen molar-refractivity contribution in [2.75, 3.05) is 0 Å². The summed E-state index contributed by atoms with van der Waals surface area (Å²) in [4.78, 5) is 0. The first-order valence-electron chi connectivity index (χ1n) is 3.95. The Morgan fingerprint density at radius 2 is 1.80 bits per heavy atom. The second-order valence-corrected chi connectivity index (χ2v) is 3.02. The molecule has 0 heterocycles. The molecule has 0 atom stereocenters. The highest BCUT2D eigenvalue weighted by Gasteiger charge is 2.13. The van der Waals surface area contributed by atoms with E-state index in [-0.39, 0.29) is 5.41 Å². The van der Waals surface area contributed by atoms with Gasteiger partial charge in [-0.25, -0.2) is 0 Å². The van der Waals surface area contributed by atoms with Crippen LogP contribution in [0.15, 0.2) is 25.3 Å². The van der Waals surface area contributed by atoms with E-state index in [1.54, 1.807) is 0 Å². The van der Waals surface area contributed by atoms with E-state index < -0.39 is 0 Å². The largest absolute Gasteiger partial charge is 0.102 e. The molecule has 0 aliphatic carbocycles. The number of rotatable bonds is 5. The molecule has 0 aliphatic rings. The van der Waals surface area contributed by atoms with Crippen LogP contribution in [0.3, 0.4) is 0 Å². The molecule has 0 nitrogen and oxygen atoms in total. The molecule has 0 spiro atoms. The summed E-state index contributed by atoms with van der Waals surface area (Å²) in [6.07, 6.45) is 7.65. The third-order valence-electron chi connectivity index (χ3n) is 2.00. The average Bonchev–Trinajstić information content (AvgIpc) is 2.00. The van der Waals surface area contributed by atoms with Gasteiger partial charge in [-0.05, 0) is 6.42 Å². The first kappa shape index (κ1) is 9.48. The van der Waals surface area contributed by atoms with E-state index >= 15 is 0 Å². The molecular formula is C10H18. The van der Waals surface area contributed by atoms with E-state index in [1.807, 2.05) is 12.2 Å². The van der Waals surface area contributed by atoms with Crippen LogP contribution in [0.2, 0.25) is 0 Å². The molecule has 0 aromatic carbocycles. The molecule has 10 heavy (non-hydrogen) atoms. The molecule has 0 bridgehead atoms. The van der Waals surface area contributed by atoms with Crippen LogP contribution in [-0.2, 0) is 0 Å². The van der Waals surface area contributed by atoms with Gasteiger partial charge < -0.3 is 0 Å². The van der Waals surface area contributed by atoms with E-state index in [4.69, 9.17) is 0 Å². The summed E-state index contributed by atoms with van der Waals surface area (Å²) in [6, 6.07) is 0. The van der Waals surface area contributed by atoms with E-state index in [2.05, 4.69) is 27.0 Å². The van der Waals surface area contributed by atoms with Gasteiger partial charge >= 0.3 is 0 Å². The van der Waals surface area contributed by atoms with Crippen molar-refractivity contribution < 1.29 is 0 Å². The third-order valence-corrected chi connectivity index (χ3v) is 2.00. The van der Waals surface area contributed by atoms with Crippen molar-refractivity contribution in [1.29, 1.82) is 0 Å². The van der Waals surface area contributed by atoms with Crippen molar-refractivity contribution in [1.82, 2.24) is 0 Å². The summed E-state index contributed by atoms with van der Waals surface area (Å²) < 4.78 is 0. The Bertz CT molecular complexity index is 103. The predicted molar refractivity (Wildman–Crippen MR) is 48.0 cm³/mol. The molecule has 0 N–H and O–H groups in total. The van der Waals surface area contributed by atoms with Gasteiger partial charge in [-0.3, -0.25) is 0 Å². The SMILES string of the molecule is C=CC(C)(C=C)CCCC. The van der Waals surface area contributed by atoms with Crippen molar-refractivity contribution >= 4 is 0 Å². The Balaban J connectivity index is 3.80. The number of hydrogen-bond donors (Lipinski definition) is 0. The lowest BCUT2D eigenvalue weighted by Crippen LogP contribution is -2.07. The quantitative estimate of drug-likeness (QED) is 0.510. The maximum Gasteiger partial charge on any atom is 0.00273 e. The minimum Gasteiger partial charge on any atom is -0.102 e. The van der Waals surface area contributed by atoms with Gasteiger partial charge in [0.05, 0.1) is 0 Å². The first-order chi connectivity index (χ1) is 4.68. The van der Waals surface area contributed by atoms with E-state index in [1.165, 1.54) is 19.3 Å². The lowest BCUT2D eigenvalue weighted by Gasteiger charge is -2.19. The summed E-state index contributed by atoms with van der Waals surface area (Å²) in [7, 11) is 0. The Morgan fingerprint density at radius 3 is 2.10 bits per heavy atom. The predicted octanol–water partition coefficient (Wildman–Crippen LogP) is 3.55. The van der Waals surface area contributed by atoms with Crippen LogP contribution >= 0.6 is 0 Å². The Labute approximate surface area is 64.6 Å². The smallest absolute Gasteiger partial charge is 0.00273 e. The van der Waals surface area contributed by atoms with Gasteiger partial charge in [0.25, 0.3) is 0 Å². The molecule has 0 fully saturated rings. The van der Waals surface area contributed by atoms with Gasteiger partial charge in [-0.1, -0.05) is 38.8 Å². The summed E-state index contributed by atoms with van der Waals surface area (Å²) >= 11 is 0. The lowest BCUT2D eigenvalue weighted by molar-refractivity contribution is 0.476. The van der Waals surface area contributed by atoms with E-state index in [0.29, 0.717) is 0 Å². The number of hydrogen-bond acceptors (Lipinski definition) is 0. The van der Waals surface area contributed by atoms with Crippen LogP contribution in [0.4, 0.5) is 0 Å². The Hall–Kier alpha value is -0.520. The topological polar surface area (TPSA) is 0 Å². The van der Waals surface area contributed by atoms with Gasteiger partial charge in [-0.2, -0.15) is 0 Å². The first-order valence-corrected chi connectivity index (χ1v) is 3.95. The summed E-state index contributed by atoms with van der Waals surface area (Å²) in [5, 5.41) is 0. The second-order valence-electron chi connectivity index (χ2n) is 3.02. The van der Waals surface area contributed by atoms with Gasteiger partial charge in [0.2, 0.25) is 0 Å². The fraction of sp³-hybridized carbons (Fsp3) is 0.600. The molecule has 0 saturated carbocycles. The molecule has 0 rings (SSSR count). The van der Waals surface area contributed by atoms with Crippen LogP contribution in [-0.4, -0.2) is 0 Å². The zero-order chi connectivity index (χ0) is 8.04. The van der Waals surface area contributed by atoms with Crippen molar-refractivity contribution in [3.05, 3.63) is 25.3 Å². The molecule has 0 aromatic rings. The van der Waals surface area contributed by atoms with E-state index in [0.717, 1.165) is 0 Å². The van der Waals surface area contributed by atoms with Crippen LogP contribution in [0.5, 0.6) is 0 Å². The number of unbranched alkanes of at least 4 members (excludes halogenated alkanes) is 1. The molecular weight excluding hydrogens is 120 g/mol. The fourth-order valence-electron chi connectivity index (χ4n) is 0.845. The van der Waals surface area contributed by atoms with Crippen molar-refractivity contribution in [2.24, 2.45) is 5.41 Å². The summed E-state index contributed by atoms with van der Waals surface area (Å²) in [5.74, 6) is 0. The molecule has 0 saturated heterocycles. The maximum atomic E-state index is 3.79. The summed E-state index contributed by atoms with van der Waals surface area (Å²) in [5.41, 5.74) is 0.163.